The summed E-state index contributed by atoms with van der Waals surface area (Å²) >= 11 is 0. The first-order valence-corrected chi connectivity index (χ1v) is 9.18. The van der Waals surface area contributed by atoms with Gasteiger partial charge in [0.05, 0.1) is 19.4 Å². The Labute approximate surface area is 164 Å². The molecular formula is C21H24N4O3. The number of nitrogens with one attached hydrogen (secondary N) is 2. The number of methoxy groups -OCH3 is 1. The average Bonchev–Trinajstić information content (AvgIpc) is 3.16. The summed E-state index contributed by atoms with van der Waals surface area (Å²) in [5.74, 6) is 0.652. The highest BCUT2D eigenvalue weighted by Gasteiger charge is 2.21. The topological polar surface area (TPSA) is 83.0 Å². The first kappa shape index (κ1) is 19.4. The van der Waals surface area contributed by atoms with Crippen molar-refractivity contribution >= 4 is 28.9 Å². The van der Waals surface area contributed by atoms with E-state index in [4.69, 9.17) is 4.74 Å². The molecule has 1 saturated heterocycles. The molecule has 0 atom stereocenters. The van der Waals surface area contributed by atoms with Crippen LogP contribution in [0.4, 0.5) is 11.4 Å². The molecule has 0 unspecified atom stereocenters. The van der Waals surface area contributed by atoms with E-state index in [1.165, 1.54) is 0 Å². The maximum atomic E-state index is 12.0. The number of rotatable bonds is 7. The normalized spacial score (nSPS) is 14.1. The van der Waals surface area contributed by atoms with Crippen molar-refractivity contribution in [3.63, 3.8) is 0 Å². The molecule has 7 nitrogen and oxygen atoms in total. The summed E-state index contributed by atoms with van der Waals surface area (Å²) in [6, 6.07) is 15.0. The van der Waals surface area contributed by atoms with Gasteiger partial charge in [-0.1, -0.05) is 12.1 Å². The number of hydrogen-bond acceptors (Lipinski definition) is 5. The fourth-order valence-electron chi connectivity index (χ4n) is 2.96. The van der Waals surface area contributed by atoms with Gasteiger partial charge in [-0.3, -0.25) is 9.59 Å². The lowest BCUT2D eigenvalue weighted by molar-refractivity contribution is -0.119. The van der Waals surface area contributed by atoms with E-state index in [0.717, 1.165) is 35.7 Å². The molecule has 0 radical (unpaired) electrons. The highest BCUT2D eigenvalue weighted by atomic mass is 16.5. The number of nitrogens with zero attached hydrogens (tertiary/aromatic N) is 2. The molecule has 1 aliphatic heterocycles. The zero-order valence-electron chi connectivity index (χ0n) is 16.1. The maximum Gasteiger partial charge on any atom is 0.259 e. The molecule has 3 rings (SSSR count). The Morgan fingerprint density at radius 1 is 1.21 bits per heavy atom. The van der Waals surface area contributed by atoms with Crippen LogP contribution in [-0.4, -0.2) is 37.7 Å². The molecule has 2 N–H and O–H groups in total. The van der Waals surface area contributed by atoms with Gasteiger partial charge in [0.2, 0.25) is 5.91 Å². The zero-order valence-corrected chi connectivity index (χ0v) is 16.1. The van der Waals surface area contributed by atoms with Crippen molar-refractivity contribution in [1.82, 2.24) is 5.43 Å². The van der Waals surface area contributed by atoms with Crippen LogP contribution in [0, 0.1) is 0 Å². The van der Waals surface area contributed by atoms with Gasteiger partial charge in [-0.05, 0) is 55.3 Å². The van der Waals surface area contributed by atoms with Crippen molar-refractivity contribution in [3.05, 3.63) is 54.1 Å². The van der Waals surface area contributed by atoms with Gasteiger partial charge in [-0.25, -0.2) is 5.43 Å². The zero-order chi connectivity index (χ0) is 19.9. The number of hydrogen-bond donors (Lipinski definition) is 2. The SMILES string of the molecule is COc1ccc(NCC(=O)N/N=C(/C)c2cccc(N3CCCC3=O)c2)cc1. The van der Waals surface area contributed by atoms with Gasteiger partial charge in [0, 0.05) is 24.3 Å². The average molecular weight is 380 g/mol. The van der Waals surface area contributed by atoms with Gasteiger partial charge in [-0.15, -0.1) is 0 Å². The van der Waals surface area contributed by atoms with Crippen LogP contribution in [0.2, 0.25) is 0 Å². The van der Waals surface area contributed by atoms with Crippen LogP contribution in [0.15, 0.2) is 53.6 Å². The Balaban J connectivity index is 1.56. The van der Waals surface area contributed by atoms with E-state index in [9.17, 15) is 9.59 Å². The lowest BCUT2D eigenvalue weighted by Crippen LogP contribution is -2.27. The predicted molar refractivity (Wildman–Crippen MR) is 110 cm³/mol. The molecule has 1 heterocycles. The summed E-state index contributed by atoms with van der Waals surface area (Å²) in [6.07, 6.45) is 1.47. The van der Waals surface area contributed by atoms with Crippen LogP contribution >= 0.6 is 0 Å². The van der Waals surface area contributed by atoms with E-state index in [1.54, 1.807) is 12.0 Å². The monoisotopic (exact) mass is 380 g/mol. The Bertz CT molecular complexity index is 877. The van der Waals surface area contributed by atoms with Crippen molar-refractivity contribution in [2.24, 2.45) is 5.10 Å². The van der Waals surface area contributed by atoms with Gasteiger partial charge < -0.3 is 15.0 Å². The van der Waals surface area contributed by atoms with Crippen LogP contribution in [0.1, 0.15) is 25.3 Å². The summed E-state index contributed by atoms with van der Waals surface area (Å²) in [4.78, 5) is 25.7. The minimum Gasteiger partial charge on any atom is -0.497 e. The number of ether oxygens (including phenoxy) is 1. The fourth-order valence-corrected chi connectivity index (χ4v) is 2.96. The lowest BCUT2D eigenvalue weighted by atomic mass is 10.1. The third-order valence-electron chi connectivity index (χ3n) is 4.54. The van der Waals surface area contributed by atoms with Gasteiger partial charge >= 0.3 is 0 Å². The number of benzene rings is 2. The third-order valence-corrected chi connectivity index (χ3v) is 4.54. The van der Waals surface area contributed by atoms with Gasteiger partial charge in [0.1, 0.15) is 5.75 Å². The minimum atomic E-state index is -0.249. The Morgan fingerprint density at radius 3 is 2.68 bits per heavy atom. The molecule has 0 spiro atoms. The van der Waals surface area contributed by atoms with Gasteiger partial charge in [0.25, 0.3) is 5.91 Å². The van der Waals surface area contributed by atoms with Crippen molar-refractivity contribution in [2.75, 3.05) is 30.4 Å². The lowest BCUT2D eigenvalue weighted by Gasteiger charge is -2.16. The molecule has 7 heteroatoms. The van der Waals surface area contributed by atoms with Crippen molar-refractivity contribution < 1.29 is 14.3 Å². The first-order chi connectivity index (χ1) is 13.6. The van der Waals surface area contributed by atoms with Crippen LogP contribution in [0.25, 0.3) is 0 Å². The molecule has 146 valence electrons. The molecular weight excluding hydrogens is 356 g/mol. The summed E-state index contributed by atoms with van der Waals surface area (Å²) in [5.41, 5.74) is 5.77. The second-order valence-electron chi connectivity index (χ2n) is 6.51. The number of carbonyl (C=O) groups excluding carboxylic acids is 2. The van der Waals surface area contributed by atoms with E-state index < -0.39 is 0 Å². The highest BCUT2D eigenvalue weighted by Crippen LogP contribution is 2.22. The molecule has 0 bridgehead atoms. The minimum absolute atomic E-state index is 0.103. The standard InChI is InChI=1S/C21H24N4O3/c1-15(16-5-3-6-18(13-16)25-12-4-7-21(25)27)23-24-20(26)14-22-17-8-10-19(28-2)11-9-17/h3,5-6,8-11,13,22H,4,7,12,14H2,1-2H3,(H,24,26)/b23-15-. The van der Waals surface area contributed by atoms with Crippen molar-refractivity contribution in [2.45, 2.75) is 19.8 Å². The van der Waals surface area contributed by atoms with Crippen LogP contribution in [0.5, 0.6) is 5.75 Å². The number of carbonyl (C=O) groups is 2. The summed E-state index contributed by atoms with van der Waals surface area (Å²) in [6.45, 7) is 2.67. The smallest absolute Gasteiger partial charge is 0.259 e. The van der Waals surface area contributed by atoms with Crippen LogP contribution in [-0.2, 0) is 9.59 Å². The molecule has 0 aliphatic carbocycles. The summed E-state index contributed by atoms with van der Waals surface area (Å²) in [5, 5.41) is 7.20. The molecule has 1 fully saturated rings. The molecule has 1 aliphatic rings. The van der Waals surface area contributed by atoms with Gasteiger partial charge in [-0.2, -0.15) is 5.10 Å². The quantitative estimate of drug-likeness (QED) is 0.572. The molecule has 0 saturated carbocycles. The molecule has 0 aromatic heterocycles. The van der Waals surface area contributed by atoms with Crippen molar-refractivity contribution in [3.8, 4) is 5.75 Å². The molecule has 2 amide bonds. The predicted octanol–water partition coefficient (Wildman–Crippen LogP) is 2.77. The maximum absolute atomic E-state index is 12.0. The molecule has 2 aromatic carbocycles. The fraction of sp³-hybridized carbons (Fsp3) is 0.286. The van der Waals surface area contributed by atoms with Crippen LogP contribution in [0.3, 0.4) is 0 Å². The number of amides is 2. The van der Waals surface area contributed by atoms with E-state index in [1.807, 2.05) is 55.5 Å². The number of hydrazone groups is 1. The second-order valence-corrected chi connectivity index (χ2v) is 6.51. The van der Waals surface area contributed by atoms with Gasteiger partial charge in [0.15, 0.2) is 0 Å². The van der Waals surface area contributed by atoms with E-state index in [0.29, 0.717) is 12.1 Å². The number of anilines is 2. The third kappa shape index (κ3) is 4.88. The Hall–Kier alpha value is -3.35. The highest BCUT2D eigenvalue weighted by molar-refractivity contribution is 6.02. The van der Waals surface area contributed by atoms with Crippen LogP contribution < -0.4 is 20.4 Å². The van der Waals surface area contributed by atoms with Crippen molar-refractivity contribution in [1.29, 1.82) is 0 Å². The first-order valence-electron chi connectivity index (χ1n) is 9.18. The molecule has 2 aromatic rings. The largest absolute Gasteiger partial charge is 0.497 e. The van der Waals surface area contributed by atoms with E-state index >= 15 is 0 Å². The molecule has 28 heavy (non-hydrogen) atoms. The summed E-state index contributed by atoms with van der Waals surface area (Å²) in [7, 11) is 1.61. The Morgan fingerprint density at radius 2 is 2.00 bits per heavy atom. The Kier molecular flexibility index (Phi) is 6.26. The van der Waals surface area contributed by atoms with E-state index in [-0.39, 0.29) is 18.4 Å². The van der Waals surface area contributed by atoms with E-state index in [2.05, 4.69) is 15.8 Å². The second kappa shape index (κ2) is 9.03. The summed E-state index contributed by atoms with van der Waals surface area (Å²) < 4.78 is 5.10.